The summed E-state index contributed by atoms with van der Waals surface area (Å²) < 4.78 is 10.6. The third-order valence-corrected chi connectivity index (χ3v) is 6.03. The molecular formula is C18H20N2O3S. The van der Waals surface area contributed by atoms with Crippen LogP contribution in [0.4, 0.5) is 5.13 Å². The minimum Gasteiger partial charge on any atom is -0.493 e. The highest BCUT2D eigenvalue weighted by Crippen LogP contribution is 2.65. The lowest BCUT2D eigenvalue weighted by molar-refractivity contribution is -0.118. The number of benzene rings is 1. The van der Waals surface area contributed by atoms with E-state index in [1.54, 1.807) is 14.2 Å². The number of anilines is 1. The number of hydrogen-bond donors (Lipinski definition) is 1. The van der Waals surface area contributed by atoms with Crippen molar-refractivity contribution in [3.8, 4) is 22.8 Å². The van der Waals surface area contributed by atoms with Gasteiger partial charge >= 0.3 is 0 Å². The molecule has 5 nitrogen and oxygen atoms in total. The van der Waals surface area contributed by atoms with Gasteiger partial charge in [-0.3, -0.25) is 4.79 Å². The smallest absolute Gasteiger partial charge is 0.229 e. The van der Waals surface area contributed by atoms with Gasteiger partial charge in [0, 0.05) is 16.9 Å². The minimum atomic E-state index is 0.128. The van der Waals surface area contributed by atoms with Crippen LogP contribution in [0, 0.1) is 11.3 Å². The van der Waals surface area contributed by atoms with Crippen molar-refractivity contribution in [2.75, 3.05) is 19.5 Å². The Balaban J connectivity index is 1.47. The highest BCUT2D eigenvalue weighted by atomic mass is 32.1. The summed E-state index contributed by atoms with van der Waals surface area (Å²) >= 11 is 1.45. The van der Waals surface area contributed by atoms with Crippen molar-refractivity contribution >= 4 is 22.4 Å². The zero-order valence-electron chi connectivity index (χ0n) is 13.8. The van der Waals surface area contributed by atoms with Gasteiger partial charge in [-0.2, -0.15) is 0 Å². The summed E-state index contributed by atoms with van der Waals surface area (Å²) in [6, 6.07) is 5.69. The normalized spacial score (nSPS) is 20.3. The van der Waals surface area contributed by atoms with Crippen LogP contribution in [0.15, 0.2) is 23.6 Å². The molecule has 1 atom stereocenters. The average molecular weight is 344 g/mol. The molecule has 24 heavy (non-hydrogen) atoms. The molecule has 1 amide bonds. The van der Waals surface area contributed by atoms with E-state index in [1.807, 2.05) is 23.6 Å². The number of nitrogens with one attached hydrogen (secondary N) is 1. The minimum absolute atomic E-state index is 0.128. The van der Waals surface area contributed by atoms with Gasteiger partial charge in [-0.15, -0.1) is 11.3 Å². The Morgan fingerprint density at radius 2 is 2.08 bits per heavy atom. The van der Waals surface area contributed by atoms with Gasteiger partial charge in [0.1, 0.15) is 0 Å². The van der Waals surface area contributed by atoms with Crippen LogP contribution in [0.25, 0.3) is 11.3 Å². The first kappa shape index (κ1) is 15.4. The summed E-state index contributed by atoms with van der Waals surface area (Å²) in [7, 11) is 3.22. The van der Waals surface area contributed by atoms with E-state index < -0.39 is 0 Å². The molecule has 6 heteroatoms. The summed E-state index contributed by atoms with van der Waals surface area (Å²) in [4.78, 5) is 16.9. The molecule has 0 bridgehead atoms. The predicted molar refractivity (Wildman–Crippen MR) is 93.7 cm³/mol. The summed E-state index contributed by atoms with van der Waals surface area (Å²) in [6.07, 6.45) is 4.73. The van der Waals surface area contributed by atoms with E-state index in [9.17, 15) is 4.79 Å². The molecule has 126 valence electrons. The van der Waals surface area contributed by atoms with Crippen LogP contribution in [-0.4, -0.2) is 25.1 Å². The molecule has 2 aromatic rings. The third kappa shape index (κ3) is 2.55. The largest absolute Gasteiger partial charge is 0.493 e. The molecule has 2 saturated carbocycles. The molecule has 0 unspecified atom stereocenters. The topological polar surface area (TPSA) is 60.5 Å². The second-order valence-electron chi connectivity index (χ2n) is 6.57. The molecule has 1 aromatic heterocycles. The van der Waals surface area contributed by atoms with Crippen molar-refractivity contribution in [2.24, 2.45) is 11.3 Å². The summed E-state index contributed by atoms with van der Waals surface area (Å²) in [5.74, 6) is 1.67. The van der Waals surface area contributed by atoms with Crippen LogP contribution in [0.3, 0.4) is 0 Å². The molecular weight excluding hydrogens is 324 g/mol. The quantitative estimate of drug-likeness (QED) is 0.892. The summed E-state index contributed by atoms with van der Waals surface area (Å²) in [5, 5.41) is 5.59. The van der Waals surface area contributed by atoms with Gasteiger partial charge < -0.3 is 14.8 Å². The molecule has 0 radical (unpaired) electrons. The number of amides is 1. The zero-order chi connectivity index (χ0) is 16.7. The van der Waals surface area contributed by atoms with Crippen LogP contribution in [0.1, 0.15) is 25.7 Å². The van der Waals surface area contributed by atoms with E-state index in [1.165, 1.54) is 30.6 Å². The lowest BCUT2D eigenvalue weighted by Gasteiger charge is -2.26. The number of methoxy groups -OCH3 is 2. The average Bonchev–Trinajstić information content (AvgIpc) is 3.20. The van der Waals surface area contributed by atoms with Gasteiger partial charge in [-0.25, -0.2) is 4.98 Å². The Hall–Kier alpha value is -2.08. The fraction of sp³-hybridized carbons (Fsp3) is 0.444. The Morgan fingerprint density at radius 3 is 2.71 bits per heavy atom. The summed E-state index contributed by atoms with van der Waals surface area (Å²) in [6.45, 7) is 0. The lowest BCUT2D eigenvalue weighted by atomic mass is 9.80. The van der Waals surface area contributed by atoms with Crippen molar-refractivity contribution in [3.63, 3.8) is 0 Å². The number of carbonyl (C=O) groups excluding carboxylic acids is 1. The maximum atomic E-state index is 12.3. The van der Waals surface area contributed by atoms with E-state index >= 15 is 0 Å². The van der Waals surface area contributed by atoms with Gasteiger partial charge in [0.05, 0.1) is 19.9 Å². The first-order valence-electron chi connectivity index (χ1n) is 8.14. The molecule has 2 fully saturated rings. The number of thiazole rings is 1. The van der Waals surface area contributed by atoms with Gasteiger partial charge in [0.15, 0.2) is 16.6 Å². The van der Waals surface area contributed by atoms with Crippen molar-refractivity contribution in [3.05, 3.63) is 23.6 Å². The standard InChI is InChI=1S/C18H20N2O3S/c1-22-14-5-4-11(8-15(14)23-2)13-10-24-17(19-13)20-16(21)12-9-18(12)6-3-7-18/h4-5,8,10,12H,3,6-7,9H2,1-2H3,(H,19,20,21)/t12-/m0/s1. The van der Waals surface area contributed by atoms with Crippen molar-refractivity contribution < 1.29 is 14.3 Å². The Kier molecular flexibility index (Phi) is 3.72. The van der Waals surface area contributed by atoms with Crippen molar-refractivity contribution in [1.82, 2.24) is 4.98 Å². The molecule has 2 aliphatic rings. The third-order valence-electron chi connectivity index (χ3n) is 5.27. The lowest BCUT2D eigenvalue weighted by Crippen LogP contribution is -2.23. The van der Waals surface area contributed by atoms with Gasteiger partial charge in [-0.1, -0.05) is 6.42 Å². The van der Waals surface area contributed by atoms with Crippen LogP contribution in [0.5, 0.6) is 11.5 Å². The summed E-state index contributed by atoms with van der Waals surface area (Å²) in [5.41, 5.74) is 2.10. The Bertz CT molecular complexity index is 782. The highest BCUT2D eigenvalue weighted by Gasteiger charge is 2.60. The number of ether oxygens (including phenoxy) is 2. The number of nitrogens with zero attached hydrogens (tertiary/aromatic N) is 1. The fourth-order valence-electron chi connectivity index (χ4n) is 3.55. The molecule has 1 N–H and O–H groups in total. The zero-order valence-corrected chi connectivity index (χ0v) is 14.6. The first-order valence-corrected chi connectivity index (χ1v) is 9.02. The highest BCUT2D eigenvalue weighted by molar-refractivity contribution is 7.14. The molecule has 0 saturated heterocycles. The molecule has 1 spiro atoms. The van der Waals surface area contributed by atoms with E-state index in [0.717, 1.165) is 17.7 Å². The predicted octanol–water partition coefficient (Wildman–Crippen LogP) is 3.96. The van der Waals surface area contributed by atoms with Crippen LogP contribution in [0.2, 0.25) is 0 Å². The first-order chi connectivity index (χ1) is 11.6. The fourth-order valence-corrected chi connectivity index (χ4v) is 4.28. The van der Waals surface area contributed by atoms with Crippen molar-refractivity contribution in [1.29, 1.82) is 0 Å². The second kappa shape index (κ2) is 5.77. The SMILES string of the molecule is COc1ccc(-c2csc(NC(=O)[C@@H]3CC34CCC4)n2)cc1OC. The maximum absolute atomic E-state index is 12.3. The van der Waals surface area contributed by atoms with Crippen molar-refractivity contribution in [2.45, 2.75) is 25.7 Å². The molecule has 2 aliphatic carbocycles. The van der Waals surface area contributed by atoms with E-state index in [2.05, 4.69) is 10.3 Å². The number of hydrogen-bond acceptors (Lipinski definition) is 5. The monoisotopic (exact) mass is 344 g/mol. The van der Waals surface area contributed by atoms with Crippen LogP contribution in [-0.2, 0) is 4.79 Å². The number of aromatic nitrogens is 1. The number of carbonyl (C=O) groups is 1. The van der Waals surface area contributed by atoms with E-state index in [0.29, 0.717) is 22.0 Å². The molecule has 0 aliphatic heterocycles. The Labute approximate surface area is 145 Å². The molecule has 4 rings (SSSR count). The number of rotatable bonds is 5. The van der Waals surface area contributed by atoms with Gasteiger partial charge in [0.2, 0.25) is 5.91 Å². The molecule has 1 aromatic carbocycles. The maximum Gasteiger partial charge on any atom is 0.229 e. The van der Waals surface area contributed by atoms with Crippen LogP contribution >= 0.6 is 11.3 Å². The Morgan fingerprint density at radius 1 is 1.29 bits per heavy atom. The van der Waals surface area contributed by atoms with Crippen LogP contribution < -0.4 is 14.8 Å². The van der Waals surface area contributed by atoms with Gasteiger partial charge in [-0.05, 0) is 42.9 Å². The van der Waals surface area contributed by atoms with Gasteiger partial charge in [0.25, 0.3) is 0 Å². The van der Waals surface area contributed by atoms with E-state index in [-0.39, 0.29) is 11.8 Å². The second-order valence-corrected chi connectivity index (χ2v) is 7.43. The van der Waals surface area contributed by atoms with E-state index in [4.69, 9.17) is 9.47 Å². The molecule has 1 heterocycles.